The van der Waals surface area contributed by atoms with Crippen LogP contribution in [-0.4, -0.2) is 54.4 Å². The molecule has 1 aliphatic rings. The van der Waals surface area contributed by atoms with Crippen molar-refractivity contribution >= 4 is 12.0 Å². The molecular weight excluding hydrogens is 224 g/mol. The quantitative estimate of drug-likeness (QED) is 0.762. The van der Waals surface area contributed by atoms with Crippen LogP contribution in [0, 0.1) is 0 Å². The number of carbonyl (C=O) groups is 2. The van der Waals surface area contributed by atoms with Gasteiger partial charge in [-0.05, 0) is 19.3 Å². The molecule has 2 N–H and O–H groups in total. The maximum absolute atomic E-state index is 11.8. The molecule has 0 spiro atoms. The summed E-state index contributed by atoms with van der Waals surface area (Å²) in [7, 11) is 1.66. The molecule has 0 aromatic rings. The molecule has 17 heavy (non-hydrogen) atoms. The van der Waals surface area contributed by atoms with Gasteiger partial charge in [-0.25, -0.2) is 9.59 Å². The average molecular weight is 244 g/mol. The minimum Gasteiger partial charge on any atom is -0.480 e. The lowest BCUT2D eigenvalue weighted by Gasteiger charge is -2.31. The highest BCUT2D eigenvalue weighted by Crippen LogP contribution is 2.12. The highest BCUT2D eigenvalue weighted by Gasteiger charge is 2.25. The number of amides is 2. The molecule has 6 nitrogen and oxygen atoms in total. The van der Waals surface area contributed by atoms with Crippen LogP contribution < -0.4 is 5.32 Å². The predicted octanol–water partition coefficient (Wildman–Crippen LogP) is 0.670. The summed E-state index contributed by atoms with van der Waals surface area (Å²) in [6.07, 6.45) is 2.19. The van der Waals surface area contributed by atoms with Gasteiger partial charge in [-0.15, -0.1) is 0 Å². The smallest absolute Gasteiger partial charge is 0.326 e. The molecular formula is C11H20N2O4. The van der Waals surface area contributed by atoms with E-state index in [9.17, 15) is 9.59 Å². The minimum absolute atomic E-state index is 0.209. The third kappa shape index (κ3) is 3.89. The van der Waals surface area contributed by atoms with E-state index >= 15 is 0 Å². The Balaban J connectivity index is 2.41. The number of ether oxygens (including phenoxy) is 1. The van der Waals surface area contributed by atoms with E-state index in [0.29, 0.717) is 19.5 Å². The number of nitrogens with zero attached hydrogens (tertiary/aromatic N) is 1. The molecule has 0 bridgehead atoms. The van der Waals surface area contributed by atoms with Gasteiger partial charge < -0.3 is 20.1 Å². The lowest BCUT2D eigenvalue weighted by molar-refractivity contribution is -0.139. The van der Waals surface area contributed by atoms with Crippen molar-refractivity contribution in [2.75, 3.05) is 20.2 Å². The number of methoxy groups -OCH3 is 1. The van der Waals surface area contributed by atoms with Crippen LogP contribution in [0.15, 0.2) is 0 Å². The first-order valence-corrected chi connectivity index (χ1v) is 5.89. The van der Waals surface area contributed by atoms with Gasteiger partial charge in [0.2, 0.25) is 0 Å². The number of urea groups is 1. The molecule has 2 amide bonds. The van der Waals surface area contributed by atoms with Crippen LogP contribution in [0.3, 0.4) is 0 Å². The van der Waals surface area contributed by atoms with Crippen LogP contribution in [0.2, 0.25) is 0 Å². The Morgan fingerprint density at radius 3 is 2.47 bits per heavy atom. The third-order valence-corrected chi connectivity index (χ3v) is 3.07. The maximum Gasteiger partial charge on any atom is 0.326 e. The van der Waals surface area contributed by atoms with Crippen LogP contribution in [0.1, 0.15) is 26.2 Å². The summed E-state index contributed by atoms with van der Waals surface area (Å²) in [6.45, 7) is 2.96. The van der Waals surface area contributed by atoms with E-state index in [1.54, 1.807) is 18.9 Å². The van der Waals surface area contributed by atoms with Gasteiger partial charge in [-0.2, -0.15) is 0 Å². The fraction of sp³-hybridized carbons (Fsp3) is 0.818. The van der Waals surface area contributed by atoms with Gasteiger partial charge in [0.25, 0.3) is 0 Å². The van der Waals surface area contributed by atoms with Crippen LogP contribution in [0.5, 0.6) is 0 Å². The molecule has 1 rings (SSSR count). The van der Waals surface area contributed by atoms with E-state index in [-0.39, 0.29) is 12.1 Å². The predicted molar refractivity (Wildman–Crippen MR) is 61.9 cm³/mol. The Morgan fingerprint density at radius 1 is 1.47 bits per heavy atom. The summed E-state index contributed by atoms with van der Waals surface area (Å²) < 4.78 is 5.21. The molecule has 0 unspecified atom stereocenters. The van der Waals surface area contributed by atoms with Gasteiger partial charge in [0.1, 0.15) is 6.04 Å². The Hall–Kier alpha value is -1.30. The standard InChI is InChI=1S/C11H20N2O4/c1-3-9(10(14)15)12-11(16)13-6-4-8(17-2)5-7-13/h8-9H,3-7H2,1-2H3,(H,12,16)(H,14,15)/t9-/m1/s1. The van der Waals surface area contributed by atoms with Crippen LogP contribution in [0.25, 0.3) is 0 Å². The molecule has 0 aromatic carbocycles. The lowest BCUT2D eigenvalue weighted by Crippen LogP contribution is -2.50. The zero-order valence-corrected chi connectivity index (χ0v) is 10.3. The van der Waals surface area contributed by atoms with Crippen LogP contribution in [0.4, 0.5) is 4.79 Å². The second kappa shape index (κ2) is 6.44. The maximum atomic E-state index is 11.8. The largest absolute Gasteiger partial charge is 0.480 e. The number of carboxylic acids is 1. The van der Waals surface area contributed by atoms with Gasteiger partial charge in [-0.3, -0.25) is 0 Å². The molecule has 6 heteroatoms. The van der Waals surface area contributed by atoms with Gasteiger partial charge in [-0.1, -0.05) is 6.92 Å². The Bertz CT molecular complexity index is 275. The second-order valence-corrected chi connectivity index (χ2v) is 4.17. The number of aliphatic carboxylic acids is 1. The van der Waals surface area contributed by atoms with E-state index in [0.717, 1.165) is 12.8 Å². The lowest BCUT2D eigenvalue weighted by atomic mass is 10.1. The highest BCUT2D eigenvalue weighted by molar-refractivity contribution is 5.82. The fourth-order valence-electron chi connectivity index (χ4n) is 1.87. The monoisotopic (exact) mass is 244 g/mol. The zero-order valence-electron chi connectivity index (χ0n) is 10.3. The zero-order chi connectivity index (χ0) is 12.8. The minimum atomic E-state index is -0.993. The molecule has 1 heterocycles. The Labute approximate surface area is 101 Å². The normalized spacial score (nSPS) is 18.8. The van der Waals surface area contributed by atoms with Crippen molar-refractivity contribution in [1.82, 2.24) is 10.2 Å². The number of hydrogen-bond donors (Lipinski definition) is 2. The molecule has 1 fully saturated rings. The first-order chi connectivity index (χ1) is 8.08. The summed E-state index contributed by atoms with van der Waals surface area (Å²) in [5, 5.41) is 11.4. The number of hydrogen-bond acceptors (Lipinski definition) is 3. The van der Waals surface area contributed by atoms with Crippen molar-refractivity contribution in [3.63, 3.8) is 0 Å². The molecule has 0 aromatic heterocycles. The number of carboxylic acid groups (broad SMARTS) is 1. The highest BCUT2D eigenvalue weighted by atomic mass is 16.5. The van der Waals surface area contributed by atoms with E-state index < -0.39 is 12.0 Å². The molecule has 1 saturated heterocycles. The average Bonchev–Trinajstić information content (AvgIpc) is 2.35. The summed E-state index contributed by atoms with van der Waals surface area (Å²) in [6, 6.07) is -1.10. The number of piperidine rings is 1. The SMILES string of the molecule is CC[C@@H](NC(=O)N1CCC(OC)CC1)C(=O)O. The van der Waals surface area contributed by atoms with Crippen molar-refractivity contribution in [1.29, 1.82) is 0 Å². The van der Waals surface area contributed by atoms with E-state index in [2.05, 4.69) is 5.32 Å². The number of rotatable bonds is 4. The van der Waals surface area contributed by atoms with Crippen LogP contribution >= 0.6 is 0 Å². The summed E-state index contributed by atoms with van der Waals surface area (Å²) in [5.41, 5.74) is 0. The van der Waals surface area contributed by atoms with Crippen molar-refractivity contribution in [2.24, 2.45) is 0 Å². The Kier molecular flexibility index (Phi) is 5.21. The van der Waals surface area contributed by atoms with Crippen molar-refractivity contribution in [2.45, 2.75) is 38.3 Å². The molecule has 0 radical (unpaired) electrons. The van der Waals surface area contributed by atoms with E-state index in [4.69, 9.17) is 9.84 Å². The summed E-state index contributed by atoms with van der Waals surface area (Å²) in [4.78, 5) is 24.2. The van der Waals surface area contributed by atoms with E-state index in [1.807, 2.05) is 0 Å². The van der Waals surface area contributed by atoms with E-state index in [1.165, 1.54) is 0 Å². The first kappa shape index (κ1) is 13.8. The number of nitrogens with one attached hydrogen (secondary N) is 1. The van der Waals surface area contributed by atoms with Crippen molar-refractivity contribution < 1.29 is 19.4 Å². The number of likely N-dealkylation sites (tertiary alicyclic amines) is 1. The molecule has 0 aliphatic carbocycles. The van der Waals surface area contributed by atoms with Crippen molar-refractivity contribution in [3.05, 3.63) is 0 Å². The molecule has 0 saturated carbocycles. The van der Waals surface area contributed by atoms with Gasteiger partial charge >= 0.3 is 12.0 Å². The first-order valence-electron chi connectivity index (χ1n) is 5.89. The molecule has 1 aliphatic heterocycles. The summed E-state index contributed by atoms with van der Waals surface area (Å²) >= 11 is 0. The van der Waals surface area contributed by atoms with Crippen molar-refractivity contribution in [3.8, 4) is 0 Å². The molecule has 98 valence electrons. The van der Waals surface area contributed by atoms with Gasteiger partial charge in [0.15, 0.2) is 0 Å². The fourth-order valence-corrected chi connectivity index (χ4v) is 1.87. The number of carbonyl (C=O) groups excluding carboxylic acids is 1. The third-order valence-electron chi connectivity index (χ3n) is 3.07. The van der Waals surface area contributed by atoms with Crippen LogP contribution in [-0.2, 0) is 9.53 Å². The topological polar surface area (TPSA) is 78.9 Å². The van der Waals surface area contributed by atoms with Gasteiger partial charge in [0.05, 0.1) is 6.10 Å². The van der Waals surface area contributed by atoms with Gasteiger partial charge in [0, 0.05) is 20.2 Å². The Morgan fingerprint density at radius 2 is 2.06 bits per heavy atom. The summed E-state index contributed by atoms with van der Waals surface area (Å²) in [5.74, 6) is -0.993. The second-order valence-electron chi connectivity index (χ2n) is 4.17. The molecule has 1 atom stereocenters.